The molecule has 2 aliphatic heterocycles. The number of allylic oxidation sites excluding steroid dienone is 3. The van der Waals surface area contributed by atoms with Crippen LogP contribution < -0.4 is 0 Å². The standard InChI is InChI=1S/C26H28N4O2S2/c1-3-7-24(33)26(32)30-13-11-29(12-14-30)25(21(16-27)18-31)22-10-15-34-19-23(22)28(2)17-20-8-5-4-6-9-20/h3-10,18-19,33H,1,11-15,17H2,2H3/b24-7-,25-21+. The Bertz CT molecular complexity index is 1090. The van der Waals surface area contributed by atoms with Crippen molar-refractivity contribution < 1.29 is 9.59 Å². The maximum atomic E-state index is 12.6. The number of hydrogen-bond donors (Lipinski definition) is 1. The zero-order valence-corrected chi connectivity index (χ0v) is 20.9. The zero-order chi connectivity index (χ0) is 24.5. The van der Waals surface area contributed by atoms with Crippen molar-refractivity contribution in [1.29, 1.82) is 5.26 Å². The molecule has 2 heterocycles. The third-order valence-electron chi connectivity index (χ3n) is 5.65. The molecule has 0 unspecified atom stereocenters. The Labute approximate surface area is 211 Å². The molecule has 8 heteroatoms. The molecule has 3 rings (SSSR count). The fraction of sp³-hybridized carbons (Fsp3) is 0.269. The molecule has 6 nitrogen and oxygen atoms in total. The van der Waals surface area contributed by atoms with Crippen LogP contribution in [0, 0.1) is 11.3 Å². The van der Waals surface area contributed by atoms with E-state index in [1.54, 1.807) is 22.7 Å². The fourth-order valence-corrected chi connectivity index (χ4v) is 5.05. The Balaban J connectivity index is 1.85. The number of thioether (sulfide) groups is 1. The highest BCUT2D eigenvalue weighted by atomic mass is 32.2. The van der Waals surface area contributed by atoms with E-state index in [1.807, 2.05) is 30.1 Å². The van der Waals surface area contributed by atoms with Crippen molar-refractivity contribution in [3.8, 4) is 6.07 Å². The van der Waals surface area contributed by atoms with Gasteiger partial charge in [0, 0.05) is 51.1 Å². The van der Waals surface area contributed by atoms with Crippen LogP contribution in [-0.4, -0.2) is 65.9 Å². The average Bonchev–Trinajstić information content (AvgIpc) is 2.87. The lowest BCUT2D eigenvalue weighted by molar-refractivity contribution is -0.127. The van der Waals surface area contributed by atoms with Crippen LogP contribution in [0.4, 0.5) is 0 Å². The van der Waals surface area contributed by atoms with E-state index in [0.29, 0.717) is 49.6 Å². The third kappa shape index (κ3) is 6.04. The Kier molecular flexibility index (Phi) is 9.25. The smallest absolute Gasteiger partial charge is 0.260 e. The van der Waals surface area contributed by atoms with Crippen LogP contribution in [0.3, 0.4) is 0 Å². The van der Waals surface area contributed by atoms with Crippen LogP contribution in [0.5, 0.6) is 0 Å². The summed E-state index contributed by atoms with van der Waals surface area (Å²) in [4.78, 5) is 30.7. The molecule has 0 radical (unpaired) electrons. The van der Waals surface area contributed by atoms with Crippen LogP contribution >= 0.6 is 24.4 Å². The molecular weight excluding hydrogens is 464 g/mol. The predicted molar refractivity (Wildman–Crippen MR) is 141 cm³/mol. The molecule has 0 spiro atoms. The Morgan fingerprint density at radius 2 is 1.91 bits per heavy atom. The van der Waals surface area contributed by atoms with Crippen LogP contribution in [0.1, 0.15) is 5.56 Å². The van der Waals surface area contributed by atoms with Gasteiger partial charge in [-0.05, 0) is 17.0 Å². The minimum absolute atomic E-state index is 0.0957. The molecule has 1 aromatic rings. The first-order valence-corrected chi connectivity index (χ1v) is 12.4. The maximum absolute atomic E-state index is 12.6. The topological polar surface area (TPSA) is 67.7 Å². The van der Waals surface area contributed by atoms with E-state index in [1.165, 1.54) is 11.6 Å². The lowest BCUT2D eigenvalue weighted by Crippen LogP contribution is -2.49. The van der Waals surface area contributed by atoms with Crippen LogP contribution in [0.25, 0.3) is 0 Å². The van der Waals surface area contributed by atoms with Gasteiger partial charge in [0.25, 0.3) is 5.91 Å². The van der Waals surface area contributed by atoms with E-state index < -0.39 is 0 Å². The van der Waals surface area contributed by atoms with E-state index in [2.05, 4.69) is 53.8 Å². The summed E-state index contributed by atoms with van der Waals surface area (Å²) in [6.45, 7) is 6.26. The average molecular weight is 493 g/mol. The highest BCUT2D eigenvalue weighted by Gasteiger charge is 2.29. The van der Waals surface area contributed by atoms with Crippen LogP contribution in [0.2, 0.25) is 0 Å². The molecule has 1 amide bonds. The number of rotatable bonds is 8. The minimum Gasteiger partial charge on any atom is -0.369 e. The number of carbonyl (C=O) groups excluding carboxylic acids is 2. The van der Waals surface area contributed by atoms with Gasteiger partial charge in [0.05, 0.1) is 16.3 Å². The van der Waals surface area contributed by atoms with E-state index >= 15 is 0 Å². The molecule has 0 bridgehead atoms. The SMILES string of the molecule is C=C/C=C(\S)C(=O)N1CCN(/C(C2=CCSC=C2N(C)Cc2ccccc2)=C(\C#N)C=O)CC1. The molecule has 0 aliphatic carbocycles. The monoisotopic (exact) mass is 492 g/mol. The first kappa shape index (κ1) is 25.5. The zero-order valence-electron chi connectivity index (χ0n) is 19.2. The molecule has 0 aromatic heterocycles. The molecular formula is C26H28N4O2S2. The van der Waals surface area contributed by atoms with Gasteiger partial charge < -0.3 is 14.7 Å². The number of amides is 1. The summed E-state index contributed by atoms with van der Waals surface area (Å²) < 4.78 is 0. The summed E-state index contributed by atoms with van der Waals surface area (Å²) in [5, 5.41) is 11.9. The largest absolute Gasteiger partial charge is 0.369 e. The molecule has 2 aliphatic rings. The van der Waals surface area contributed by atoms with Gasteiger partial charge in [0.2, 0.25) is 0 Å². The van der Waals surface area contributed by atoms with Crippen molar-refractivity contribution in [2.24, 2.45) is 0 Å². The van der Waals surface area contributed by atoms with E-state index in [9.17, 15) is 14.9 Å². The predicted octanol–water partition coefficient (Wildman–Crippen LogP) is 3.75. The quantitative estimate of drug-likeness (QED) is 0.196. The number of piperazine rings is 1. The van der Waals surface area contributed by atoms with Crippen molar-refractivity contribution in [2.75, 3.05) is 39.0 Å². The van der Waals surface area contributed by atoms with Gasteiger partial charge in [-0.25, -0.2) is 0 Å². The van der Waals surface area contributed by atoms with Gasteiger partial charge in [-0.1, -0.05) is 49.1 Å². The van der Waals surface area contributed by atoms with Crippen molar-refractivity contribution in [1.82, 2.24) is 14.7 Å². The normalized spacial score (nSPS) is 17.1. The number of benzene rings is 1. The van der Waals surface area contributed by atoms with Crippen molar-refractivity contribution in [3.05, 3.63) is 93.6 Å². The van der Waals surface area contributed by atoms with Crippen molar-refractivity contribution in [3.63, 3.8) is 0 Å². The Morgan fingerprint density at radius 1 is 1.24 bits per heavy atom. The van der Waals surface area contributed by atoms with Gasteiger partial charge in [-0.3, -0.25) is 9.59 Å². The van der Waals surface area contributed by atoms with Crippen LogP contribution in [-0.2, 0) is 16.1 Å². The number of likely N-dealkylation sites (N-methyl/N-ethyl adjacent to an activating group) is 1. The number of nitriles is 1. The molecule has 0 saturated carbocycles. The van der Waals surface area contributed by atoms with E-state index in [4.69, 9.17) is 0 Å². The van der Waals surface area contributed by atoms with Crippen molar-refractivity contribution >= 4 is 36.6 Å². The van der Waals surface area contributed by atoms with Gasteiger partial charge in [-0.2, -0.15) is 5.26 Å². The fourth-order valence-electron chi connectivity index (χ4n) is 3.98. The summed E-state index contributed by atoms with van der Waals surface area (Å²) in [6, 6.07) is 12.2. The number of hydrogen-bond acceptors (Lipinski definition) is 7. The number of aldehydes is 1. The summed E-state index contributed by atoms with van der Waals surface area (Å²) in [5.74, 6) is 0.605. The second-order valence-corrected chi connectivity index (χ2v) is 9.24. The van der Waals surface area contributed by atoms with Gasteiger partial charge in [0.1, 0.15) is 11.6 Å². The molecule has 34 heavy (non-hydrogen) atoms. The Morgan fingerprint density at radius 3 is 2.53 bits per heavy atom. The van der Waals surface area contributed by atoms with E-state index in [-0.39, 0.29) is 11.5 Å². The lowest BCUT2D eigenvalue weighted by atomic mass is 10.0. The third-order valence-corrected chi connectivity index (χ3v) is 6.74. The van der Waals surface area contributed by atoms with Crippen molar-refractivity contribution in [2.45, 2.75) is 6.54 Å². The molecule has 1 fully saturated rings. The highest BCUT2D eigenvalue weighted by molar-refractivity contribution is 8.02. The molecule has 0 atom stereocenters. The molecule has 1 saturated heterocycles. The minimum atomic E-state index is -0.152. The van der Waals surface area contributed by atoms with Crippen LogP contribution in [0.15, 0.2) is 88.0 Å². The summed E-state index contributed by atoms with van der Waals surface area (Å²) in [6.07, 6.45) is 5.82. The van der Waals surface area contributed by atoms with Gasteiger partial charge >= 0.3 is 0 Å². The molecule has 1 aromatic carbocycles. The number of thiol groups is 1. The second-order valence-electron chi connectivity index (χ2n) is 7.85. The highest BCUT2D eigenvalue weighted by Crippen LogP contribution is 2.34. The van der Waals surface area contributed by atoms with Gasteiger partial charge in [-0.15, -0.1) is 24.4 Å². The summed E-state index contributed by atoms with van der Waals surface area (Å²) >= 11 is 5.94. The maximum Gasteiger partial charge on any atom is 0.260 e. The second kappa shape index (κ2) is 12.4. The lowest BCUT2D eigenvalue weighted by Gasteiger charge is -2.39. The Hall–Kier alpha value is -3.15. The first-order chi connectivity index (χ1) is 16.5. The molecule has 176 valence electrons. The van der Waals surface area contributed by atoms with E-state index in [0.717, 1.165) is 17.0 Å². The first-order valence-electron chi connectivity index (χ1n) is 10.9. The summed E-state index contributed by atoms with van der Waals surface area (Å²) in [5.41, 5.74) is 3.74. The van der Waals surface area contributed by atoms with Gasteiger partial charge in [0.15, 0.2) is 6.29 Å². The number of nitrogens with zero attached hydrogens (tertiary/aromatic N) is 4. The number of carbonyl (C=O) groups is 2. The summed E-state index contributed by atoms with van der Waals surface area (Å²) in [7, 11) is 2.01. The molecule has 0 N–H and O–H groups in total.